The van der Waals surface area contributed by atoms with Gasteiger partial charge in [0.25, 0.3) is 0 Å². The lowest BCUT2D eigenvalue weighted by molar-refractivity contribution is 0.912. The Morgan fingerprint density at radius 2 is 1.85 bits per heavy atom. The van der Waals surface area contributed by atoms with Gasteiger partial charge >= 0.3 is 0 Å². The maximum Gasteiger partial charge on any atom is 0.104 e. The van der Waals surface area contributed by atoms with Gasteiger partial charge in [-0.05, 0) is 30.7 Å². The molecule has 2 aromatic carbocycles. The molecule has 4 heteroatoms. The summed E-state index contributed by atoms with van der Waals surface area (Å²) in [6, 6.07) is 15.6. The average Bonchev–Trinajstić information content (AvgIpc) is 2.49. The molecule has 98 valence electrons. The lowest BCUT2D eigenvalue weighted by Gasteiger charge is -2.02. The summed E-state index contributed by atoms with van der Waals surface area (Å²) in [5, 5.41) is 8.33. The summed E-state index contributed by atoms with van der Waals surface area (Å²) < 4.78 is 0. The summed E-state index contributed by atoms with van der Waals surface area (Å²) in [5.41, 5.74) is 4.63. The fraction of sp³-hybridized carbons (Fsp3) is 0.125. The molecule has 0 unspecified atom stereocenters. The van der Waals surface area contributed by atoms with E-state index in [0.717, 1.165) is 28.0 Å². The summed E-state index contributed by atoms with van der Waals surface area (Å²) in [6.07, 6.45) is 1.76. The van der Waals surface area contributed by atoms with Gasteiger partial charge in [-0.25, -0.2) is 4.98 Å². The van der Waals surface area contributed by atoms with Crippen molar-refractivity contribution in [1.29, 1.82) is 0 Å². The van der Waals surface area contributed by atoms with Crippen LogP contribution in [0.25, 0.3) is 11.0 Å². The highest BCUT2D eigenvalue weighted by atomic mass is 15.1. The molecular formula is C16H14N4. The van der Waals surface area contributed by atoms with E-state index in [0.29, 0.717) is 6.54 Å². The fourth-order valence-electron chi connectivity index (χ4n) is 1.97. The highest BCUT2D eigenvalue weighted by Crippen LogP contribution is 2.15. The van der Waals surface area contributed by atoms with Crippen LogP contribution in [0, 0.1) is 6.92 Å². The van der Waals surface area contributed by atoms with E-state index in [9.17, 15) is 0 Å². The summed E-state index contributed by atoms with van der Waals surface area (Å²) >= 11 is 0. The van der Waals surface area contributed by atoms with Crippen molar-refractivity contribution in [3.63, 3.8) is 0 Å². The Bertz CT molecular complexity index is 751. The maximum atomic E-state index is 4.59. The van der Waals surface area contributed by atoms with Gasteiger partial charge in [0.05, 0.1) is 28.6 Å². The number of aromatic nitrogens is 2. The van der Waals surface area contributed by atoms with Crippen molar-refractivity contribution in [2.24, 2.45) is 10.2 Å². The van der Waals surface area contributed by atoms with Crippen LogP contribution in [0.4, 0.5) is 5.69 Å². The molecule has 0 aliphatic carbocycles. The van der Waals surface area contributed by atoms with Crippen molar-refractivity contribution >= 4 is 16.7 Å². The molecule has 0 atom stereocenters. The van der Waals surface area contributed by atoms with Gasteiger partial charge in [-0.3, -0.25) is 4.98 Å². The number of para-hydroxylation sites is 1. The number of hydrogen-bond donors (Lipinski definition) is 0. The Labute approximate surface area is 117 Å². The number of benzene rings is 2. The van der Waals surface area contributed by atoms with Gasteiger partial charge in [-0.2, -0.15) is 10.2 Å². The Kier molecular flexibility index (Phi) is 3.46. The van der Waals surface area contributed by atoms with Crippen molar-refractivity contribution in [2.75, 3.05) is 0 Å². The predicted octanol–water partition coefficient (Wildman–Crippen LogP) is 4.22. The molecule has 0 saturated heterocycles. The van der Waals surface area contributed by atoms with Gasteiger partial charge in [-0.1, -0.05) is 30.3 Å². The number of hydrogen-bond acceptors (Lipinski definition) is 4. The minimum atomic E-state index is 0.437. The number of fused-ring (bicyclic) bond motifs is 1. The van der Waals surface area contributed by atoms with Crippen molar-refractivity contribution in [2.45, 2.75) is 13.5 Å². The lowest BCUT2D eigenvalue weighted by atomic mass is 10.2. The van der Waals surface area contributed by atoms with Gasteiger partial charge in [0.1, 0.15) is 6.54 Å². The molecule has 4 nitrogen and oxygen atoms in total. The predicted molar refractivity (Wildman–Crippen MR) is 78.9 cm³/mol. The molecular weight excluding hydrogens is 248 g/mol. The van der Waals surface area contributed by atoms with Crippen molar-refractivity contribution in [3.05, 3.63) is 66.0 Å². The van der Waals surface area contributed by atoms with Gasteiger partial charge in [0.2, 0.25) is 0 Å². The zero-order valence-electron chi connectivity index (χ0n) is 11.2. The largest absolute Gasteiger partial charge is 0.253 e. The minimum Gasteiger partial charge on any atom is -0.253 e. The van der Waals surface area contributed by atoms with Crippen molar-refractivity contribution < 1.29 is 0 Å². The molecule has 0 radical (unpaired) electrons. The topological polar surface area (TPSA) is 50.5 Å². The molecule has 0 saturated carbocycles. The highest BCUT2D eigenvalue weighted by Gasteiger charge is 2.01. The summed E-state index contributed by atoms with van der Waals surface area (Å²) in [4.78, 5) is 8.99. The Hall–Kier alpha value is -2.62. The number of aryl methyl sites for hydroxylation is 1. The zero-order valence-corrected chi connectivity index (χ0v) is 11.2. The first kappa shape index (κ1) is 12.4. The Morgan fingerprint density at radius 3 is 2.70 bits per heavy atom. The Morgan fingerprint density at radius 1 is 1.00 bits per heavy atom. The van der Waals surface area contributed by atoms with Crippen LogP contribution in [0.5, 0.6) is 0 Å². The van der Waals surface area contributed by atoms with Crippen LogP contribution in [0.15, 0.2) is 65.0 Å². The molecule has 0 amide bonds. The summed E-state index contributed by atoms with van der Waals surface area (Å²) in [6.45, 7) is 2.47. The van der Waals surface area contributed by atoms with Crippen molar-refractivity contribution in [1.82, 2.24) is 9.97 Å². The molecule has 1 aromatic heterocycles. The number of nitrogens with zero attached hydrogens (tertiary/aromatic N) is 4. The van der Waals surface area contributed by atoms with Gasteiger partial charge in [0, 0.05) is 0 Å². The van der Waals surface area contributed by atoms with E-state index in [1.54, 1.807) is 6.20 Å². The molecule has 0 bridgehead atoms. The molecule has 3 rings (SSSR count). The fourth-order valence-corrected chi connectivity index (χ4v) is 1.97. The van der Waals surface area contributed by atoms with E-state index < -0.39 is 0 Å². The third kappa shape index (κ3) is 2.69. The quantitative estimate of drug-likeness (QED) is 0.663. The van der Waals surface area contributed by atoms with E-state index in [4.69, 9.17) is 0 Å². The Balaban J connectivity index is 1.81. The van der Waals surface area contributed by atoms with Crippen LogP contribution in [0.1, 0.15) is 11.3 Å². The van der Waals surface area contributed by atoms with Crippen LogP contribution in [-0.4, -0.2) is 9.97 Å². The number of rotatable bonds is 3. The van der Waals surface area contributed by atoms with Crippen LogP contribution in [0.3, 0.4) is 0 Å². The lowest BCUT2D eigenvalue weighted by Crippen LogP contribution is -1.93. The third-order valence-electron chi connectivity index (χ3n) is 3.00. The van der Waals surface area contributed by atoms with Gasteiger partial charge in [-0.15, -0.1) is 0 Å². The first-order valence-electron chi connectivity index (χ1n) is 6.47. The van der Waals surface area contributed by atoms with Crippen molar-refractivity contribution in [3.8, 4) is 0 Å². The van der Waals surface area contributed by atoms with E-state index >= 15 is 0 Å². The van der Waals surface area contributed by atoms with Crippen LogP contribution < -0.4 is 0 Å². The van der Waals surface area contributed by atoms with Crippen LogP contribution >= 0.6 is 0 Å². The normalized spacial score (nSPS) is 11.2. The first-order chi connectivity index (χ1) is 9.83. The number of azo groups is 1. The van der Waals surface area contributed by atoms with E-state index in [1.807, 2.05) is 55.5 Å². The van der Waals surface area contributed by atoms with E-state index in [-0.39, 0.29) is 0 Å². The summed E-state index contributed by atoms with van der Waals surface area (Å²) in [5.74, 6) is 0. The summed E-state index contributed by atoms with van der Waals surface area (Å²) in [7, 11) is 0. The molecule has 20 heavy (non-hydrogen) atoms. The SMILES string of the molecule is Cc1cccc2ncc(CN=Nc3ccccc3)nc12. The zero-order chi connectivity index (χ0) is 13.8. The standard InChI is InChI=1S/C16H14N4/c1-12-6-5-9-15-16(12)19-14(10-17-15)11-18-20-13-7-3-2-4-8-13/h2-10H,11H2,1H3. The van der Waals surface area contributed by atoms with E-state index in [1.165, 1.54) is 0 Å². The first-order valence-corrected chi connectivity index (χ1v) is 6.47. The molecule has 1 heterocycles. The van der Waals surface area contributed by atoms with Gasteiger partial charge in [0.15, 0.2) is 0 Å². The van der Waals surface area contributed by atoms with Crippen LogP contribution in [0.2, 0.25) is 0 Å². The van der Waals surface area contributed by atoms with Crippen LogP contribution in [-0.2, 0) is 6.54 Å². The monoisotopic (exact) mass is 262 g/mol. The van der Waals surface area contributed by atoms with Gasteiger partial charge < -0.3 is 0 Å². The molecule has 0 N–H and O–H groups in total. The molecule has 0 aliphatic rings. The molecule has 3 aromatic rings. The smallest absolute Gasteiger partial charge is 0.104 e. The van der Waals surface area contributed by atoms with E-state index in [2.05, 4.69) is 20.2 Å². The second-order valence-corrected chi connectivity index (χ2v) is 4.54. The molecule has 0 aliphatic heterocycles. The minimum absolute atomic E-state index is 0.437. The molecule has 0 spiro atoms. The second-order valence-electron chi connectivity index (χ2n) is 4.54. The maximum absolute atomic E-state index is 4.59. The molecule has 0 fully saturated rings. The second kappa shape index (κ2) is 5.57. The highest BCUT2D eigenvalue weighted by molar-refractivity contribution is 5.77. The third-order valence-corrected chi connectivity index (χ3v) is 3.00. The average molecular weight is 262 g/mol.